The molecule has 0 saturated heterocycles. The molecule has 0 radical (unpaired) electrons. The summed E-state index contributed by atoms with van der Waals surface area (Å²) in [6.07, 6.45) is 0. The number of aryl methyl sites for hydroxylation is 1. The van der Waals surface area contributed by atoms with E-state index in [9.17, 15) is 9.18 Å². The maximum Gasteiger partial charge on any atom is 0.256 e. The van der Waals surface area contributed by atoms with E-state index in [1.54, 1.807) is 30.8 Å². The van der Waals surface area contributed by atoms with Crippen LogP contribution in [-0.2, 0) is 0 Å². The van der Waals surface area contributed by atoms with Crippen molar-refractivity contribution in [3.05, 3.63) is 59.4 Å². The Bertz CT molecular complexity index is 628. The first-order valence-corrected chi connectivity index (χ1v) is 7.39. The molecule has 0 atom stereocenters. The second kappa shape index (κ2) is 6.57. The molecule has 0 aliphatic carbocycles. The zero-order valence-corrected chi connectivity index (χ0v) is 12.3. The van der Waals surface area contributed by atoms with Gasteiger partial charge in [-0.25, -0.2) is 4.39 Å². The number of thioether (sulfide) groups is 1. The zero-order valence-electron chi connectivity index (χ0n) is 11.4. The van der Waals surface area contributed by atoms with Crippen LogP contribution < -0.4 is 5.32 Å². The minimum absolute atomic E-state index is 0.170. The maximum absolute atomic E-state index is 13.1. The summed E-state index contributed by atoms with van der Waals surface area (Å²) in [6, 6.07) is 11.8. The maximum atomic E-state index is 13.1. The second-order valence-electron chi connectivity index (χ2n) is 4.34. The quantitative estimate of drug-likeness (QED) is 0.840. The highest BCUT2D eigenvalue weighted by atomic mass is 32.2. The molecule has 0 heterocycles. The first kappa shape index (κ1) is 14.6. The van der Waals surface area contributed by atoms with Crippen molar-refractivity contribution in [2.45, 2.75) is 18.7 Å². The van der Waals surface area contributed by atoms with Gasteiger partial charge in [0.15, 0.2) is 0 Å². The van der Waals surface area contributed by atoms with E-state index < -0.39 is 0 Å². The summed E-state index contributed by atoms with van der Waals surface area (Å²) in [4.78, 5) is 13.3. The van der Waals surface area contributed by atoms with Gasteiger partial charge in [0.25, 0.3) is 5.91 Å². The molecule has 0 aromatic heterocycles. The van der Waals surface area contributed by atoms with Gasteiger partial charge in [0.05, 0.1) is 5.56 Å². The number of benzene rings is 2. The Hall–Kier alpha value is -1.81. The number of hydrogen-bond acceptors (Lipinski definition) is 2. The standard InChI is InChI=1S/C16H16FNOS/c1-3-20-15-7-5-4-6-13(15)16(19)18-14-9-8-12(17)10-11(14)2/h4-10H,3H2,1-2H3,(H,18,19). The first-order valence-electron chi connectivity index (χ1n) is 6.41. The molecule has 0 bridgehead atoms. The van der Waals surface area contributed by atoms with Crippen LogP contribution in [0.4, 0.5) is 10.1 Å². The third-order valence-corrected chi connectivity index (χ3v) is 3.82. The summed E-state index contributed by atoms with van der Waals surface area (Å²) in [5.74, 6) is 0.429. The Labute approximate surface area is 122 Å². The van der Waals surface area contributed by atoms with Gasteiger partial charge in [-0.1, -0.05) is 19.1 Å². The van der Waals surface area contributed by atoms with Crippen molar-refractivity contribution >= 4 is 23.4 Å². The fourth-order valence-electron chi connectivity index (χ4n) is 1.89. The minimum Gasteiger partial charge on any atom is -0.322 e. The lowest BCUT2D eigenvalue weighted by Crippen LogP contribution is -2.13. The predicted octanol–water partition coefficient (Wildman–Crippen LogP) is 4.50. The molecule has 0 spiro atoms. The van der Waals surface area contributed by atoms with Crippen LogP contribution in [0.2, 0.25) is 0 Å². The van der Waals surface area contributed by atoms with Crippen molar-refractivity contribution in [3.63, 3.8) is 0 Å². The molecule has 2 rings (SSSR count). The minimum atomic E-state index is -0.303. The average Bonchev–Trinajstić information content (AvgIpc) is 2.43. The van der Waals surface area contributed by atoms with Crippen LogP contribution in [0, 0.1) is 12.7 Å². The van der Waals surface area contributed by atoms with Crippen LogP contribution in [0.3, 0.4) is 0 Å². The predicted molar refractivity (Wildman–Crippen MR) is 81.9 cm³/mol. The molecular weight excluding hydrogens is 273 g/mol. The van der Waals surface area contributed by atoms with Crippen molar-refractivity contribution in [1.29, 1.82) is 0 Å². The molecule has 1 N–H and O–H groups in total. The summed E-state index contributed by atoms with van der Waals surface area (Å²) in [6.45, 7) is 3.81. The number of amides is 1. The molecule has 0 aliphatic rings. The highest BCUT2D eigenvalue weighted by Crippen LogP contribution is 2.24. The van der Waals surface area contributed by atoms with Gasteiger partial charge in [-0.3, -0.25) is 4.79 Å². The fourth-order valence-corrected chi connectivity index (χ4v) is 2.69. The van der Waals surface area contributed by atoms with Gasteiger partial charge in [-0.2, -0.15) is 0 Å². The molecule has 1 amide bonds. The second-order valence-corrected chi connectivity index (χ2v) is 5.65. The van der Waals surface area contributed by atoms with E-state index in [2.05, 4.69) is 5.32 Å². The molecule has 4 heteroatoms. The molecule has 0 aliphatic heterocycles. The van der Waals surface area contributed by atoms with Gasteiger partial charge in [0.2, 0.25) is 0 Å². The summed E-state index contributed by atoms with van der Waals surface area (Å²) in [7, 11) is 0. The molecule has 2 aromatic rings. The average molecular weight is 289 g/mol. The Morgan fingerprint density at radius 1 is 1.25 bits per heavy atom. The third kappa shape index (κ3) is 3.39. The molecule has 104 valence electrons. The molecule has 0 fully saturated rings. The third-order valence-electron chi connectivity index (χ3n) is 2.87. The van der Waals surface area contributed by atoms with Crippen LogP contribution >= 0.6 is 11.8 Å². The summed E-state index contributed by atoms with van der Waals surface area (Å²) >= 11 is 1.63. The van der Waals surface area contributed by atoms with E-state index in [1.807, 2.05) is 25.1 Å². The molecule has 0 unspecified atom stereocenters. The van der Waals surface area contributed by atoms with Crippen LogP contribution in [0.25, 0.3) is 0 Å². The normalized spacial score (nSPS) is 10.3. The number of carbonyl (C=O) groups is 1. The smallest absolute Gasteiger partial charge is 0.256 e. The van der Waals surface area contributed by atoms with Crippen LogP contribution in [-0.4, -0.2) is 11.7 Å². The summed E-state index contributed by atoms with van der Waals surface area (Å²) in [5.41, 5.74) is 1.98. The summed E-state index contributed by atoms with van der Waals surface area (Å²) in [5, 5.41) is 2.83. The van der Waals surface area contributed by atoms with Gasteiger partial charge in [-0.15, -0.1) is 11.8 Å². The molecule has 20 heavy (non-hydrogen) atoms. The molecular formula is C16H16FNOS. The zero-order chi connectivity index (χ0) is 14.5. The van der Waals surface area contributed by atoms with E-state index in [0.717, 1.165) is 10.6 Å². The lowest BCUT2D eigenvalue weighted by Gasteiger charge is -2.11. The van der Waals surface area contributed by atoms with Gasteiger partial charge in [0, 0.05) is 10.6 Å². The number of nitrogens with one attached hydrogen (secondary N) is 1. The largest absolute Gasteiger partial charge is 0.322 e. The van der Waals surface area contributed by atoms with E-state index in [1.165, 1.54) is 12.1 Å². The van der Waals surface area contributed by atoms with E-state index in [0.29, 0.717) is 16.8 Å². The lowest BCUT2D eigenvalue weighted by atomic mass is 10.1. The van der Waals surface area contributed by atoms with Crippen molar-refractivity contribution in [1.82, 2.24) is 0 Å². The van der Waals surface area contributed by atoms with E-state index in [4.69, 9.17) is 0 Å². The monoisotopic (exact) mass is 289 g/mol. The van der Waals surface area contributed by atoms with Gasteiger partial charge < -0.3 is 5.32 Å². The SMILES string of the molecule is CCSc1ccccc1C(=O)Nc1ccc(F)cc1C. The Morgan fingerprint density at radius 2 is 2.00 bits per heavy atom. The Balaban J connectivity index is 2.24. The molecule has 2 nitrogen and oxygen atoms in total. The first-order chi connectivity index (χ1) is 9.61. The van der Waals surface area contributed by atoms with Crippen LogP contribution in [0.15, 0.2) is 47.4 Å². The van der Waals surface area contributed by atoms with Crippen LogP contribution in [0.1, 0.15) is 22.8 Å². The van der Waals surface area contributed by atoms with Gasteiger partial charge >= 0.3 is 0 Å². The number of halogens is 1. The van der Waals surface area contributed by atoms with Crippen LogP contribution in [0.5, 0.6) is 0 Å². The number of anilines is 1. The Kier molecular flexibility index (Phi) is 4.79. The lowest BCUT2D eigenvalue weighted by molar-refractivity contribution is 0.102. The number of carbonyl (C=O) groups excluding carboxylic acids is 1. The highest BCUT2D eigenvalue weighted by molar-refractivity contribution is 7.99. The summed E-state index contributed by atoms with van der Waals surface area (Å²) < 4.78 is 13.1. The molecule has 2 aromatic carbocycles. The fraction of sp³-hybridized carbons (Fsp3) is 0.188. The van der Waals surface area contributed by atoms with Gasteiger partial charge in [0.1, 0.15) is 5.82 Å². The van der Waals surface area contributed by atoms with Crippen molar-refractivity contribution in [3.8, 4) is 0 Å². The van der Waals surface area contributed by atoms with Gasteiger partial charge in [-0.05, 0) is 48.6 Å². The Morgan fingerprint density at radius 3 is 2.70 bits per heavy atom. The van der Waals surface area contributed by atoms with Crippen molar-refractivity contribution < 1.29 is 9.18 Å². The van der Waals surface area contributed by atoms with E-state index in [-0.39, 0.29) is 11.7 Å². The van der Waals surface area contributed by atoms with Crippen molar-refractivity contribution in [2.75, 3.05) is 11.1 Å². The molecule has 0 saturated carbocycles. The van der Waals surface area contributed by atoms with E-state index >= 15 is 0 Å². The highest BCUT2D eigenvalue weighted by Gasteiger charge is 2.12. The topological polar surface area (TPSA) is 29.1 Å². The van der Waals surface area contributed by atoms with Crippen molar-refractivity contribution in [2.24, 2.45) is 0 Å². The number of hydrogen-bond donors (Lipinski definition) is 1. The number of rotatable bonds is 4.